The summed E-state index contributed by atoms with van der Waals surface area (Å²) in [6, 6.07) is 9.90. The number of benzene rings is 1. The first-order valence-corrected chi connectivity index (χ1v) is 6.18. The molecule has 1 saturated heterocycles. The third-order valence-electron chi connectivity index (χ3n) is 3.29. The van der Waals surface area contributed by atoms with E-state index >= 15 is 0 Å². The molecule has 0 saturated carbocycles. The molecule has 2 nitrogen and oxygen atoms in total. The van der Waals surface area contributed by atoms with Gasteiger partial charge >= 0.3 is 0 Å². The van der Waals surface area contributed by atoms with E-state index in [1.165, 1.54) is 11.1 Å². The fourth-order valence-electron chi connectivity index (χ4n) is 2.60. The van der Waals surface area contributed by atoms with Gasteiger partial charge in [0.05, 0.1) is 0 Å². The molecular formula is C14H22N2. The lowest BCUT2D eigenvalue weighted by atomic mass is 10.1. The second kappa shape index (κ2) is 4.98. The molecular weight excluding hydrogens is 196 g/mol. The highest BCUT2D eigenvalue weighted by Gasteiger charge is 2.20. The predicted octanol–water partition coefficient (Wildman–Crippen LogP) is 2.18. The highest BCUT2D eigenvalue weighted by Crippen LogP contribution is 2.13. The van der Waals surface area contributed by atoms with E-state index in [2.05, 4.69) is 55.3 Å². The summed E-state index contributed by atoms with van der Waals surface area (Å²) in [6.45, 7) is 10.1. The molecule has 0 unspecified atom stereocenters. The number of nitrogens with one attached hydrogen (secondary N) is 1. The Balaban J connectivity index is 2.02. The molecule has 0 radical (unpaired) electrons. The van der Waals surface area contributed by atoms with Crippen LogP contribution in [-0.2, 0) is 6.54 Å². The Kier molecular flexibility index (Phi) is 3.62. The molecule has 2 atom stereocenters. The Morgan fingerprint density at radius 1 is 1.19 bits per heavy atom. The minimum atomic E-state index is 0.604. The van der Waals surface area contributed by atoms with Crippen molar-refractivity contribution in [1.29, 1.82) is 0 Å². The van der Waals surface area contributed by atoms with Crippen molar-refractivity contribution in [3.8, 4) is 0 Å². The van der Waals surface area contributed by atoms with Gasteiger partial charge in [-0.1, -0.05) is 24.3 Å². The summed E-state index contributed by atoms with van der Waals surface area (Å²) in [5.41, 5.74) is 2.87. The molecule has 0 bridgehead atoms. The number of hydrogen-bond donors (Lipinski definition) is 1. The van der Waals surface area contributed by atoms with Crippen LogP contribution >= 0.6 is 0 Å². The number of rotatable bonds is 2. The molecule has 1 aromatic carbocycles. The quantitative estimate of drug-likeness (QED) is 0.818. The summed E-state index contributed by atoms with van der Waals surface area (Å²) in [7, 11) is 0. The molecule has 2 rings (SSSR count). The molecule has 1 fully saturated rings. The standard InChI is InChI=1S/C14H22N2/c1-11-6-4-5-7-14(11)10-16-8-12(2)15-13(3)9-16/h4-7,12-13,15H,8-10H2,1-3H3/t12-,13+. The van der Waals surface area contributed by atoms with Gasteiger partial charge in [-0.2, -0.15) is 0 Å². The average Bonchev–Trinajstić information content (AvgIpc) is 2.20. The maximum absolute atomic E-state index is 3.57. The number of aryl methyl sites for hydroxylation is 1. The first kappa shape index (κ1) is 11.6. The lowest BCUT2D eigenvalue weighted by Crippen LogP contribution is -2.53. The molecule has 2 heteroatoms. The molecule has 1 aliphatic rings. The van der Waals surface area contributed by atoms with Crippen molar-refractivity contribution in [2.75, 3.05) is 13.1 Å². The van der Waals surface area contributed by atoms with Gasteiger partial charge in [0.15, 0.2) is 0 Å². The van der Waals surface area contributed by atoms with E-state index < -0.39 is 0 Å². The Morgan fingerprint density at radius 3 is 2.44 bits per heavy atom. The minimum Gasteiger partial charge on any atom is -0.309 e. The van der Waals surface area contributed by atoms with Gasteiger partial charge < -0.3 is 5.32 Å². The summed E-state index contributed by atoms with van der Waals surface area (Å²) < 4.78 is 0. The average molecular weight is 218 g/mol. The van der Waals surface area contributed by atoms with Gasteiger partial charge in [0.25, 0.3) is 0 Å². The maximum Gasteiger partial charge on any atom is 0.0237 e. The van der Waals surface area contributed by atoms with Gasteiger partial charge in [-0.3, -0.25) is 4.90 Å². The second-order valence-corrected chi connectivity index (χ2v) is 5.09. The third kappa shape index (κ3) is 2.83. The highest BCUT2D eigenvalue weighted by atomic mass is 15.2. The van der Waals surface area contributed by atoms with Crippen LogP contribution in [0.15, 0.2) is 24.3 Å². The smallest absolute Gasteiger partial charge is 0.0237 e. The van der Waals surface area contributed by atoms with Crippen molar-refractivity contribution in [3.63, 3.8) is 0 Å². The first-order chi connectivity index (χ1) is 7.65. The zero-order valence-electron chi connectivity index (χ0n) is 10.5. The molecule has 0 spiro atoms. The van der Waals surface area contributed by atoms with Crippen LogP contribution in [0.3, 0.4) is 0 Å². The van der Waals surface area contributed by atoms with Crippen molar-refractivity contribution in [3.05, 3.63) is 35.4 Å². The normalized spacial score (nSPS) is 26.9. The van der Waals surface area contributed by atoms with Crippen molar-refractivity contribution in [2.45, 2.75) is 39.4 Å². The highest BCUT2D eigenvalue weighted by molar-refractivity contribution is 5.25. The third-order valence-corrected chi connectivity index (χ3v) is 3.29. The van der Waals surface area contributed by atoms with E-state index in [1.807, 2.05) is 0 Å². The fraction of sp³-hybridized carbons (Fsp3) is 0.571. The van der Waals surface area contributed by atoms with Crippen LogP contribution in [0.1, 0.15) is 25.0 Å². The van der Waals surface area contributed by atoms with E-state index in [4.69, 9.17) is 0 Å². The van der Waals surface area contributed by atoms with E-state index in [0.29, 0.717) is 12.1 Å². The molecule has 16 heavy (non-hydrogen) atoms. The van der Waals surface area contributed by atoms with Crippen molar-refractivity contribution in [1.82, 2.24) is 10.2 Å². The molecule has 1 aliphatic heterocycles. The van der Waals surface area contributed by atoms with Gasteiger partial charge in [-0.05, 0) is 31.9 Å². The Bertz CT molecular complexity index is 338. The van der Waals surface area contributed by atoms with Crippen LogP contribution in [-0.4, -0.2) is 30.1 Å². The Labute approximate surface area is 98.7 Å². The van der Waals surface area contributed by atoms with Gasteiger partial charge in [-0.25, -0.2) is 0 Å². The van der Waals surface area contributed by atoms with E-state index in [9.17, 15) is 0 Å². The van der Waals surface area contributed by atoms with E-state index in [0.717, 1.165) is 19.6 Å². The second-order valence-electron chi connectivity index (χ2n) is 5.09. The van der Waals surface area contributed by atoms with Gasteiger partial charge in [0, 0.05) is 31.7 Å². The molecule has 1 N–H and O–H groups in total. The van der Waals surface area contributed by atoms with E-state index in [1.54, 1.807) is 0 Å². The van der Waals surface area contributed by atoms with Crippen LogP contribution in [0, 0.1) is 6.92 Å². The zero-order chi connectivity index (χ0) is 11.5. The number of piperazine rings is 1. The summed E-state index contributed by atoms with van der Waals surface area (Å²) in [6.07, 6.45) is 0. The minimum absolute atomic E-state index is 0.604. The Hall–Kier alpha value is -0.860. The monoisotopic (exact) mass is 218 g/mol. The van der Waals surface area contributed by atoms with Crippen LogP contribution in [0.5, 0.6) is 0 Å². The topological polar surface area (TPSA) is 15.3 Å². The van der Waals surface area contributed by atoms with Crippen molar-refractivity contribution >= 4 is 0 Å². The molecule has 1 heterocycles. The lowest BCUT2D eigenvalue weighted by Gasteiger charge is -2.36. The van der Waals surface area contributed by atoms with Gasteiger partial charge in [-0.15, -0.1) is 0 Å². The van der Waals surface area contributed by atoms with Crippen LogP contribution in [0.2, 0.25) is 0 Å². The largest absolute Gasteiger partial charge is 0.309 e. The molecule has 0 aliphatic carbocycles. The van der Waals surface area contributed by atoms with Gasteiger partial charge in [0.2, 0.25) is 0 Å². The van der Waals surface area contributed by atoms with Gasteiger partial charge in [0.1, 0.15) is 0 Å². The van der Waals surface area contributed by atoms with Crippen LogP contribution < -0.4 is 5.32 Å². The van der Waals surface area contributed by atoms with E-state index in [-0.39, 0.29) is 0 Å². The van der Waals surface area contributed by atoms with Crippen LogP contribution in [0.25, 0.3) is 0 Å². The SMILES string of the molecule is Cc1ccccc1CN1C[C@@H](C)N[C@@H](C)C1. The number of hydrogen-bond acceptors (Lipinski definition) is 2. The zero-order valence-corrected chi connectivity index (χ0v) is 10.5. The summed E-state index contributed by atoms with van der Waals surface area (Å²) in [4.78, 5) is 2.55. The predicted molar refractivity (Wildman–Crippen MR) is 68.5 cm³/mol. The molecule has 88 valence electrons. The first-order valence-electron chi connectivity index (χ1n) is 6.18. The summed E-state index contributed by atoms with van der Waals surface area (Å²) in [5.74, 6) is 0. The lowest BCUT2D eigenvalue weighted by molar-refractivity contribution is 0.166. The number of nitrogens with zero attached hydrogens (tertiary/aromatic N) is 1. The van der Waals surface area contributed by atoms with Crippen molar-refractivity contribution < 1.29 is 0 Å². The summed E-state index contributed by atoms with van der Waals surface area (Å²) >= 11 is 0. The fourth-order valence-corrected chi connectivity index (χ4v) is 2.60. The summed E-state index contributed by atoms with van der Waals surface area (Å²) in [5, 5.41) is 3.57. The van der Waals surface area contributed by atoms with Crippen LogP contribution in [0.4, 0.5) is 0 Å². The molecule has 1 aromatic rings. The Morgan fingerprint density at radius 2 is 1.81 bits per heavy atom. The maximum atomic E-state index is 3.57. The molecule has 0 amide bonds. The van der Waals surface area contributed by atoms with Crippen molar-refractivity contribution in [2.24, 2.45) is 0 Å². The molecule has 0 aromatic heterocycles.